The van der Waals surface area contributed by atoms with Crippen LogP contribution in [0.4, 0.5) is 8.78 Å². The van der Waals surface area contributed by atoms with Crippen LogP contribution in [0.3, 0.4) is 0 Å². The number of aliphatic hydroxyl groups excluding tert-OH is 1. The average molecular weight is 770 g/mol. The van der Waals surface area contributed by atoms with Crippen LogP contribution in [0.15, 0.2) is 18.2 Å². The maximum atomic E-state index is 14.0. The average Bonchev–Trinajstić information content (AvgIpc) is 3.92. The van der Waals surface area contributed by atoms with Crippen LogP contribution in [0, 0.1) is 57.5 Å². The first kappa shape index (κ1) is 39.6. The summed E-state index contributed by atoms with van der Waals surface area (Å²) >= 11 is 0. The number of halogens is 2. The second-order valence-electron chi connectivity index (χ2n) is 20.0. The molecule has 7 fully saturated rings. The molecule has 12 atom stereocenters. The lowest BCUT2D eigenvalue weighted by molar-refractivity contribution is -0.237. The highest BCUT2D eigenvalue weighted by atomic mass is 19.1. The Hall–Kier alpha value is -2.18. The van der Waals surface area contributed by atoms with Gasteiger partial charge in [-0.25, -0.2) is 8.78 Å². The summed E-state index contributed by atoms with van der Waals surface area (Å²) in [5.74, 6) is 0.124. The van der Waals surface area contributed by atoms with Gasteiger partial charge in [-0.1, -0.05) is 34.1 Å². The maximum absolute atomic E-state index is 14.0. The van der Waals surface area contributed by atoms with Crippen molar-refractivity contribution in [3.8, 4) is 0 Å². The fourth-order valence-corrected chi connectivity index (χ4v) is 13.3. The molecule has 3 unspecified atom stereocenters. The van der Waals surface area contributed by atoms with Crippen molar-refractivity contribution in [3.05, 3.63) is 35.4 Å². The van der Waals surface area contributed by atoms with E-state index in [0.717, 1.165) is 57.4 Å². The lowest BCUT2D eigenvalue weighted by Crippen LogP contribution is -2.71. The fourth-order valence-electron chi connectivity index (χ4n) is 13.3. The van der Waals surface area contributed by atoms with Crippen molar-refractivity contribution in [2.24, 2.45) is 51.6 Å². The molecule has 0 aromatic heterocycles. The highest BCUT2D eigenvalue weighted by Crippen LogP contribution is 2.71. The standard InChI is InChI=1S/C44H65F2N3O6/c1-26-17-33(24-49(27(2)50)23-29-18-31(45)21-32(46)19-29)54-39-38(26)42(5)13-14-43-12-6-7-35(55-37-25-48(15-16-53-37)36(51)20-28-8-9-28)41(3,4)30(22-43)10-11-34(43)44(42,47)40(39)52/h18-19,21,26,28,30,33-35,37-40,52H,6-17,20,22-25,47H2,1-5H3/t26-,30-,33?,34?,35+,37+,38+,39?,40+,42-,43-,44+/m1/s1. The number of morpholine rings is 1. The van der Waals surface area contributed by atoms with Crippen molar-refractivity contribution < 1.29 is 37.7 Å². The number of aliphatic hydroxyl groups is 1. The fraction of sp³-hybridized carbons (Fsp3) is 0.818. The van der Waals surface area contributed by atoms with Crippen LogP contribution in [0.5, 0.6) is 0 Å². The van der Waals surface area contributed by atoms with Gasteiger partial charge in [0.15, 0.2) is 6.29 Å². The van der Waals surface area contributed by atoms with Gasteiger partial charge in [0.1, 0.15) is 11.6 Å². The number of hydrogen-bond donors (Lipinski definition) is 2. The predicted octanol–water partition coefficient (Wildman–Crippen LogP) is 6.58. The van der Waals surface area contributed by atoms with E-state index in [1.54, 1.807) is 4.90 Å². The first-order valence-corrected chi connectivity index (χ1v) is 21.4. The summed E-state index contributed by atoms with van der Waals surface area (Å²) in [6.07, 6.45) is 9.72. The van der Waals surface area contributed by atoms with Crippen LogP contribution >= 0.6 is 0 Å². The largest absolute Gasteiger partial charge is 0.388 e. The molecule has 2 heterocycles. The number of hydrogen-bond acceptors (Lipinski definition) is 7. The van der Waals surface area contributed by atoms with E-state index in [0.29, 0.717) is 49.9 Å². The van der Waals surface area contributed by atoms with E-state index in [-0.39, 0.29) is 71.1 Å². The molecule has 306 valence electrons. The van der Waals surface area contributed by atoms with E-state index in [1.165, 1.54) is 31.9 Å². The predicted molar refractivity (Wildman–Crippen MR) is 203 cm³/mol. The van der Waals surface area contributed by atoms with Gasteiger partial charge in [0.05, 0.1) is 43.1 Å². The molecule has 55 heavy (non-hydrogen) atoms. The monoisotopic (exact) mass is 769 g/mol. The molecule has 1 aromatic carbocycles. The zero-order valence-corrected chi connectivity index (χ0v) is 33.7. The topological polar surface area (TPSA) is 115 Å². The first-order chi connectivity index (χ1) is 26.0. The van der Waals surface area contributed by atoms with Crippen molar-refractivity contribution in [1.29, 1.82) is 0 Å². The number of nitrogens with zero attached hydrogens (tertiary/aromatic N) is 2. The van der Waals surface area contributed by atoms with Gasteiger partial charge in [-0.2, -0.15) is 0 Å². The van der Waals surface area contributed by atoms with E-state index in [4.69, 9.17) is 19.9 Å². The Bertz CT molecular complexity index is 1600. The number of carbonyl (C=O) groups excluding carboxylic acids is 2. The zero-order valence-electron chi connectivity index (χ0n) is 33.7. The Morgan fingerprint density at radius 2 is 1.80 bits per heavy atom. The van der Waals surface area contributed by atoms with Gasteiger partial charge in [0, 0.05) is 39.0 Å². The molecule has 9 nitrogen and oxygen atoms in total. The molecule has 11 heteroatoms. The van der Waals surface area contributed by atoms with Crippen LogP contribution in [0.25, 0.3) is 0 Å². The smallest absolute Gasteiger partial charge is 0.223 e. The molecule has 1 spiro atoms. The van der Waals surface area contributed by atoms with Gasteiger partial charge in [0.25, 0.3) is 0 Å². The Morgan fingerprint density at radius 1 is 1.05 bits per heavy atom. The number of amides is 2. The third-order valence-corrected chi connectivity index (χ3v) is 16.4. The Morgan fingerprint density at radius 3 is 2.51 bits per heavy atom. The normalized spacial score (nSPS) is 42.3. The highest BCUT2D eigenvalue weighted by Gasteiger charge is 2.75. The molecule has 5 aliphatic carbocycles. The maximum Gasteiger partial charge on any atom is 0.223 e. The summed E-state index contributed by atoms with van der Waals surface area (Å²) in [4.78, 5) is 29.3. The van der Waals surface area contributed by atoms with Crippen molar-refractivity contribution in [3.63, 3.8) is 0 Å². The van der Waals surface area contributed by atoms with Crippen LogP contribution in [-0.2, 0) is 30.3 Å². The van der Waals surface area contributed by atoms with Crippen molar-refractivity contribution >= 4 is 11.8 Å². The number of fused-ring (bicyclic) bond motifs is 5. The highest BCUT2D eigenvalue weighted by molar-refractivity contribution is 5.76. The van der Waals surface area contributed by atoms with Gasteiger partial charge >= 0.3 is 0 Å². The van der Waals surface area contributed by atoms with E-state index in [9.17, 15) is 23.5 Å². The Kier molecular flexibility index (Phi) is 10.5. The third kappa shape index (κ3) is 6.97. The van der Waals surface area contributed by atoms with Gasteiger partial charge in [-0.3, -0.25) is 9.59 Å². The minimum atomic E-state index is -0.849. The number of carbonyl (C=O) groups is 2. The number of ether oxygens (including phenoxy) is 3. The quantitative estimate of drug-likeness (QED) is 0.307. The van der Waals surface area contributed by atoms with Crippen molar-refractivity contribution in [2.45, 2.75) is 154 Å². The summed E-state index contributed by atoms with van der Waals surface area (Å²) in [7, 11) is 0. The van der Waals surface area contributed by atoms with Crippen LogP contribution in [0.1, 0.15) is 117 Å². The summed E-state index contributed by atoms with van der Waals surface area (Å²) < 4.78 is 47.9. The molecule has 1 aromatic rings. The van der Waals surface area contributed by atoms with E-state index in [1.807, 2.05) is 4.90 Å². The van der Waals surface area contributed by atoms with Crippen LogP contribution < -0.4 is 5.73 Å². The zero-order chi connectivity index (χ0) is 39.1. The molecule has 0 radical (unpaired) electrons. The van der Waals surface area contributed by atoms with E-state index >= 15 is 0 Å². The van der Waals surface area contributed by atoms with Gasteiger partial charge in [-0.15, -0.1) is 0 Å². The first-order valence-electron chi connectivity index (χ1n) is 21.4. The summed E-state index contributed by atoms with van der Waals surface area (Å²) in [6.45, 7) is 12.8. The molecule has 2 aliphatic heterocycles. The number of rotatable bonds is 8. The van der Waals surface area contributed by atoms with Crippen molar-refractivity contribution in [1.82, 2.24) is 9.80 Å². The SMILES string of the molecule is CC(=O)N(Cc1cc(F)cc(F)c1)CC1C[C@@H](C)[C@H]2C(O1)[C@H](O)[C@@]1(N)C3CC[C@@H]4C[C@@]3(CCC[C@H](O[C@H]3CN(C(=O)CC5CC5)CCO3)C4(C)C)CC[C@]21C. The third-order valence-electron chi connectivity index (χ3n) is 16.4. The molecule has 2 saturated heterocycles. The molecule has 7 aliphatic rings. The number of nitrogens with two attached hydrogens (primary N) is 1. The van der Waals surface area contributed by atoms with Crippen LogP contribution in [-0.4, -0.2) is 89.2 Å². The molecule has 2 amide bonds. The van der Waals surface area contributed by atoms with E-state index in [2.05, 4.69) is 27.7 Å². The molecule has 5 saturated carbocycles. The lowest BCUT2D eigenvalue weighted by atomic mass is 9.41. The second kappa shape index (κ2) is 14.6. The lowest BCUT2D eigenvalue weighted by Gasteiger charge is -2.66. The molecular formula is C44H65F2N3O6. The van der Waals surface area contributed by atoms with Gasteiger partial charge in [-0.05, 0) is 128 Å². The van der Waals surface area contributed by atoms with Gasteiger partial charge in [0.2, 0.25) is 11.8 Å². The summed E-state index contributed by atoms with van der Waals surface area (Å²) in [5, 5.41) is 12.5. The van der Waals surface area contributed by atoms with Crippen molar-refractivity contribution in [2.75, 3.05) is 26.2 Å². The second-order valence-corrected chi connectivity index (χ2v) is 20.0. The molecule has 3 N–H and O–H groups in total. The molecular weight excluding hydrogens is 704 g/mol. The van der Waals surface area contributed by atoms with E-state index < -0.39 is 35.7 Å². The summed E-state index contributed by atoms with van der Waals surface area (Å²) in [6, 6.07) is 3.35. The summed E-state index contributed by atoms with van der Waals surface area (Å²) in [5.41, 5.74) is 7.00. The Balaban J connectivity index is 0.969. The number of benzene rings is 1. The minimum Gasteiger partial charge on any atom is -0.388 e. The minimum absolute atomic E-state index is 0.0234. The van der Waals surface area contributed by atoms with Gasteiger partial charge < -0.3 is 34.9 Å². The Labute approximate surface area is 326 Å². The molecule has 2 bridgehead atoms. The van der Waals surface area contributed by atoms with Crippen LogP contribution in [0.2, 0.25) is 0 Å². The molecule has 8 rings (SSSR count).